The van der Waals surface area contributed by atoms with Gasteiger partial charge in [0.15, 0.2) is 0 Å². The summed E-state index contributed by atoms with van der Waals surface area (Å²) >= 11 is 1.67. The number of carbonyl (C=O) groups excluding carboxylic acids is 1. The molecule has 0 spiro atoms. The fourth-order valence-electron chi connectivity index (χ4n) is 2.08. The van der Waals surface area contributed by atoms with E-state index in [9.17, 15) is 4.79 Å². The van der Waals surface area contributed by atoms with Gasteiger partial charge in [-0.05, 0) is 36.4 Å². The van der Waals surface area contributed by atoms with Gasteiger partial charge in [-0.1, -0.05) is 6.07 Å². The third kappa shape index (κ3) is 2.61. The van der Waals surface area contributed by atoms with Gasteiger partial charge in [-0.15, -0.1) is 11.3 Å². The third-order valence-electron chi connectivity index (χ3n) is 3.22. The molecule has 0 aliphatic heterocycles. The Morgan fingerprint density at radius 3 is 2.89 bits per heavy atom. The molecule has 5 heteroatoms. The molecule has 1 aliphatic carbocycles. The van der Waals surface area contributed by atoms with Crippen LogP contribution in [-0.4, -0.2) is 21.8 Å². The van der Waals surface area contributed by atoms with E-state index in [1.54, 1.807) is 29.7 Å². The van der Waals surface area contributed by atoms with Gasteiger partial charge in [-0.2, -0.15) is 0 Å². The van der Waals surface area contributed by atoms with Crippen molar-refractivity contribution in [2.75, 3.05) is 5.73 Å². The van der Waals surface area contributed by atoms with Crippen molar-refractivity contribution >= 4 is 23.1 Å². The lowest BCUT2D eigenvalue weighted by Crippen LogP contribution is -2.33. The smallest absolute Gasteiger partial charge is 0.258 e. The van der Waals surface area contributed by atoms with Gasteiger partial charge in [-0.3, -0.25) is 4.79 Å². The van der Waals surface area contributed by atoms with Crippen LogP contribution in [-0.2, 0) is 6.54 Å². The van der Waals surface area contributed by atoms with Gasteiger partial charge in [0.25, 0.3) is 5.91 Å². The van der Waals surface area contributed by atoms with Gasteiger partial charge >= 0.3 is 0 Å². The van der Waals surface area contributed by atoms with Crippen molar-refractivity contribution in [3.63, 3.8) is 0 Å². The van der Waals surface area contributed by atoms with E-state index in [0.29, 0.717) is 24.0 Å². The van der Waals surface area contributed by atoms with Crippen LogP contribution >= 0.6 is 11.3 Å². The van der Waals surface area contributed by atoms with Crippen LogP contribution in [0.5, 0.6) is 0 Å². The predicted molar refractivity (Wildman–Crippen MR) is 75.9 cm³/mol. The highest BCUT2D eigenvalue weighted by molar-refractivity contribution is 7.09. The monoisotopic (exact) mass is 273 g/mol. The summed E-state index contributed by atoms with van der Waals surface area (Å²) in [6, 6.07) is 7.91. The molecule has 2 heterocycles. The molecule has 19 heavy (non-hydrogen) atoms. The molecular formula is C14H15N3OS. The molecule has 2 aromatic heterocycles. The number of amides is 1. The molecule has 1 aliphatic rings. The number of carbonyl (C=O) groups is 1. The Morgan fingerprint density at radius 2 is 2.26 bits per heavy atom. The van der Waals surface area contributed by atoms with E-state index in [2.05, 4.69) is 11.1 Å². The molecule has 98 valence electrons. The number of rotatable bonds is 4. The van der Waals surface area contributed by atoms with Crippen LogP contribution in [0.25, 0.3) is 0 Å². The SMILES string of the molecule is Nc1ncccc1C(=O)N(Cc1cccs1)C1CC1. The van der Waals surface area contributed by atoms with Gasteiger partial charge in [0.1, 0.15) is 5.82 Å². The molecule has 0 aromatic carbocycles. The summed E-state index contributed by atoms with van der Waals surface area (Å²) in [7, 11) is 0. The molecule has 4 nitrogen and oxygen atoms in total. The number of pyridine rings is 1. The second-order valence-electron chi connectivity index (χ2n) is 4.68. The second kappa shape index (κ2) is 5.01. The summed E-state index contributed by atoms with van der Waals surface area (Å²) in [4.78, 5) is 19.7. The topological polar surface area (TPSA) is 59.2 Å². The van der Waals surface area contributed by atoms with Crippen LogP contribution in [0, 0.1) is 0 Å². The highest BCUT2D eigenvalue weighted by Gasteiger charge is 2.33. The van der Waals surface area contributed by atoms with Crippen LogP contribution in [0.15, 0.2) is 35.8 Å². The number of nitrogens with zero attached hydrogens (tertiary/aromatic N) is 2. The number of thiophene rings is 1. The van der Waals surface area contributed by atoms with Crippen LogP contribution in [0.2, 0.25) is 0 Å². The first-order valence-corrected chi connectivity index (χ1v) is 7.17. The van der Waals surface area contributed by atoms with Gasteiger partial charge in [0.05, 0.1) is 12.1 Å². The Hall–Kier alpha value is -1.88. The molecule has 2 aromatic rings. The first-order valence-electron chi connectivity index (χ1n) is 6.29. The lowest BCUT2D eigenvalue weighted by Gasteiger charge is -2.22. The first-order chi connectivity index (χ1) is 9.25. The number of hydrogen-bond donors (Lipinski definition) is 1. The molecule has 0 radical (unpaired) electrons. The van der Waals surface area contributed by atoms with Gasteiger partial charge < -0.3 is 10.6 Å². The van der Waals surface area contributed by atoms with Crippen LogP contribution in [0.1, 0.15) is 28.1 Å². The standard InChI is InChI=1S/C14H15N3OS/c15-13-12(4-1-7-16-13)14(18)17(10-5-6-10)9-11-3-2-8-19-11/h1-4,7-8,10H,5-6,9H2,(H2,15,16). The van der Waals surface area contributed by atoms with E-state index in [4.69, 9.17) is 5.73 Å². The van der Waals surface area contributed by atoms with E-state index in [1.807, 2.05) is 16.3 Å². The number of nitrogens with two attached hydrogens (primary N) is 1. The average Bonchev–Trinajstić information content (AvgIpc) is 3.13. The summed E-state index contributed by atoms with van der Waals surface area (Å²) in [5, 5.41) is 2.03. The maximum Gasteiger partial charge on any atom is 0.258 e. The fraction of sp³-hybridized carbons (Fsp3) is 0.286. The Bertz CT molecular complexity index is 578. The zero-order valence-electron chi connectivity index (χ0n) is 10.5. The Morgan fingerprint density at radius 1 is 1.42 bits per heavy atom. The highest BCUT2D eigenvalue weighted by atomic mass is 32.1. The second-order valence-corrected chi connectivity index (χ2v) is 5.71. The van der Waals surface area contributed by atoms with Crippen molar-refractivity contribution in [2.24, 2.45) is 0 Å². The summed E-state index contributed by atoms with van der Waals surface area (Å²) in [5.41, 5.74) is 6.30. The van der Waals surface area contributed by atoms with E-state index >= 15 is 0 Å². The molecular weight excluding hydrogens is 258 g/mol. The summed E-state index contributed by atoms with van der Waals surface area (Å²) in [5.74, 6) is 0.297. The van der Waals surface area contributed by atoms with Gasteiger partial charge in [0, 0.05) is 17.1 Å². The molecule has 0 atom stereocenters. The van der Waals surface area contributed by atoms with Gasteiger partial charge in [0.2, 0.25) is 0 Å². The Balaban J connectivity index is 1.84. The third-order valence-corrected chi connectivity index (χ3v) is 4.08. The van der Waals surface area contributed by atoms with Crippen molar-refractivity contribution in [1.29, 1.82) is 0 Å². The first kappa shape index (κ1) is 12.2. The quantitative estimate of drug-likeness (QED) is 0.931. The molecule has 1 fully saturated rings. The van der Waals surface area contributed by atoms with Crippen LogP contribution in [0.3, 0.4) is 0 Å². The van der Waals surface area contributed by atoms with E-state index in [-0.39, 0.29) is 5.91 Å². The minimum atomic E-state index is -0.0125. The Labute approximate surface area is 115 Å². The zero-order valence-corrected chi connectivity index (χ0v) is 11.3. The van der Waals surface area contributed by atoms with E-state index < -0.39 is 0 Å². The molecule has 2 N–H and O–H groups in total. The minimum absolute atomic E-state index is 0.0125. The molecule has 1 amide bonds. The maximum absolute atomic E-state index is 12.6. The van der Waals surface area contributed by atoms with Crippen molar-refractivity contribution in [1.82, 2.24) is 9.88 Å². The van der Waals surface area contributed by atoms with Crippen molar-refractivity contribution in [3.05, 3.63) is 46.3 Å². The number of nitrogen functional groups attached to an aromatic ring is 1. The van der Waals surface area contributed by atoms with Crippen molar-refractivity contribution in [3.8, 4) is 0 Å². The Kier molecular flexibility index (Phi) is 3.21. The average molecular weight is 273 g/mol. The van der Waals surface area contributed by atoms with E-state index in [1.165, 1.54) is 4.88 Å². The summed E-state index contributed by atoms with van der Waals surface area (Å²) in [6.07, 6.45) is 3.77. The van der Waals surface area contributed by atoms with Crippen molar-refractivity contribution < 1.29 is 4.79 Å². The lowest BCUT2D eigenvalue weighted by atomic mass is 10.2. The predicted octanol–water partition coefficient (Wildman–Crippen LogP) is 2.53. The molecule has 0 unspecified atom stereocenters. The summed E-state index contributed by atoms with van der Waals surface area (Å²) < 4.78 is 0. The number of anilines is 1. The van der Waals surface area contributed by atoms with E-state index in [0.717, 1.165) is 12.8 Å². The minimum Gasteiger partial charge on any atom is -0.383 e. The lowest BCUT2D eigenvalue weighted by molar-refractivity contribution is 0.0732. The molecule has 3 rings (SSSR count). The normalized spacial score (nSPS) is 14.3. The molecule has 1 saturated carbocycles. The van der Waals surface area contributed by atoms with Crippen molar-refractivity contribution in [2.45, 2.75) is 25.4 Å². The summed E-state index contributed by atoms with van der Waals surface area (Å²) in [6.45, 7) is 0.662. The highest BCUT2D eigenvalue weighted by Crippen LogP contribution is 2.31. The van der Waals surface area contributed by atoms with Crippen LogP contribution < -0.4 is 5.73 Å². The number of hydrogen-bond acceptors (Lipinski definition) is 4. The van der Waals surface area contributed by atoms with Crippen LogP contribution in [0.4, 0.5) is 5.82 Å². The van der Waals surface area contributed by atoms with Gasteiger partial charge in [-0.25, -0.2) is 4.98 Å². The number of aromatic nitrogens is 1. The maximum atomic E-state index is 12.6. The molecule has 0 bridgehead atoms. The zero-order chi connectivity index (χ0) is 13.2. The largest absolute Gasteiger partial charge is 0.383 e. The molecule has 0 saturated heterocycles. The fourth-order valence-corrected chi connectivity index (χ4v) is 2.78.